The Morgan fingerprint density at radius 1 is 1.65 bits per heavy atom. The quantitative estimate of drug-likeness (QED) is 0.830. The summed E-state index contributed by atoms with van der Waals surface area (Å²) in [6, 6.07) is 1.70. The lowest BCUT2D eigenvalue weighted by molar-refractivity contribution is 0.380. The maximum absolute atomic E-state index is 12.1. The van der Waals surface area contributed by atoms with E-state index in [0.717, 1.165) is 13.0 Å². The van der Waals surface area contributed by atoms with E-state index in [9.17, 15) is 8.42 Å². The molecule has 0 amide bonds. The Balaban J connectivity index is 2.07. The monoisotopic (exact) mass is 259 g/mol. The van der Waals surface area contributed by atoms with Crippen molar-refractivity contribution in [3.63, 3.8) is 0 Å². The van der Waals surface area contributed by atoms with Crippen LogP contribution in [0.2, 0.25) is 0 Å². The molecule has 1 fully saturated rings. The van der Waals surface area contributed by atoms with Crippen LogP contribution in [0.5, 0.6) is 0 Å². The van der Waals surface area contributed by atoms with Gasteiger partial charge < -0.3 is 9.84 Å². The molecule has 0 radical (unpaired) electrons. The third-order valence-electron chi connectivity index (χ3n) is 2.99. The Kier molecular flexibility index (Phi) is 3.50. The molecule has 1 N–H and O–H groups in total. The molecule has 1 aromatic rings. The summed E-state index contributed by atoms with van der Waals surface area (Å²) in [5.74, 6) is 0.525. The van der Waals surface area contributed by atoms with Gasteiger partial charge >= 0.3 is 0 Å². The van der Waals surface area contributed by atoms with Gasteiger partial charge in [-0.15, -0.1) is 0 Å². The van der Waals surface area contributed by atoms with Crippen LogP contribution in [-0.2, 0) is 15.8 Å². The van der Waals surface area contributed by atoms with Crippen molar-refractivity contribution >= 4 is 10.0 Å². The zero-order valence-electron chi connectivity index (χ0n) is 10.0. The van der Waals surface area contributed by atoms with E-state index in [2.05, 4.69) is 10.5 Å². The average Bonchev–Trinajstić information content (AvgIpc) is 2.88. The molecule has 0 bridgehead atoms. The van der Waals surface area contributed by atoms with Gasteiger partial charge in [-0.1, -0.05) is 5.16 Å². The van der Waals surface area contributed by atoms with Gasteiger partial charge in [0.1, 0.15) is 17.2 Å². The molecule has 6 nitrogen and oxygen atoms in total. The summed E-state index contributed by atoms with van der Waals surface area (Å²) >= 11 is 0. The predicted octanol–water partition coefficient (Wildman–Crippen LogP) is 0.107. The second kappa shape index (κ2) is 4.75. The molecule has 0 saturated carbocycles. The number of aromatic nitrogens is 1. The standard InChI is InChI=1S/C10H17N3O3S/c1-8-5-9(12-16-8)7-17(14,15)13(2)10-3-4-11-6-10/h5,10-11H,3-4,6-7H2,1-2H3. The third kappa shape index (κ3) is 2.85. The Morgan fingerprint density at radius 2 is 2.41 bits per heavy atom. The van der Waals surface area contributed by atoms with Gasteiger partial charge in [-0.3, -0.25) is 0 Å². The van der Waals surface area contributed by atoms with Crippen LogP contribution in [0, 0.1) is 6.92 Å². The van der Waals surface area contributed by atoms with Crippen LogP contribution < -0.4 is 5.32 Å². The molecule has 17 heavy (non-hydrogen) atoms. The van der Waals surface area contributed by atoms with Gasteiger partial charge in [0, 0.05) is 25.7 Å². The molecule has 1 unspecified atom stereocenters. The molecule has 1 aromatic heterocycles. The highest BCUT2D eigenvalue weighted by Crippen LogP contribution is 2.15. The first kappa shape index (κ1) is 12.5. The second-order valence-electron chi connectivity index (χ2n) is 4.35. The normalized spacial score (nSPS) is 21.2. The molecule has 96 valence electrons. The number of rotatable bonds is 4. The predicted molar refractivity (Wildman–Crippen MR) is 62.9 cm³/mol. The Hall–Kier alpha value is -0.920. The maximum Gasteiger partial charge on any atom is 0.220 e. The molecule has 1 saturated heterocycles. The fourth-order valence-corrected chi connectivity index (χ4v) is 3.30. The molecule has 1 atom stereocenters. The summed E-state index contributed by atoms with van der Waals surface area (Å²) in [5, 5.41) is 6.87. The van der Waals surface area contributed by atoms with Gasteiger partial charge in [-0.05, 0) is 19.9 Å². The number of aryl methyl sites for hydroxylation is 1. The highest BCUT2D eigenvalue weighted by Gasteiger charge is 2.29. The summed E-state index contributed by atoms with van der Waals surface area (Å²) in [6.07, 6.45) is 0.855. The topological polar surface area (TPSA) is 75.4 Å². The molecule has 0 spiro atoms. The lowest BCUT2D eigenvalue weighted by Crippen LogP contribution is -2.39. The van der Waals surface area contributed by atoms with Crippen molar-refractivity contribution in [2.45, 2.75) is 25.1 Å². The lowest BCUT2D eigenvalue weighted by Gasteiger charge is -2.22. The highest BCUT2D eigenvalue weighted by atomic mass is 32.2. The number of nitrogens with zero attached hydrogens (tertiary/aromatic N) is 2. The summed E-state index contributed by atoms with van der Waals surface area (Å²) in [7, 11) is -1.69. The van der Waals surface area contributed by atoms with Crippen molar-refractivity contribution in [2.75, 3.05) is 20.1 Å². The minimum Gasteiger partial charge on any atom is -0.361 e. The SMILES string of the molecule is Cc1cc(CS(=O)(=O)N(C)C2CCNC2)no1. The molecule has 7 heteroatoms. The molecular formula is C10H17N3O3S. The minimum atomic E-state index is -3.31. The molecule has 0 aliphatic carbocycles. The van der Waals surface area contributed by atoms with Crippen LogP contribution in [-0.4, -0.2) is 44.1 Å². The first-order chi connectivity index (χ1) is 7.99. The Bertz CT molecular complexity index is 477. The zero-order valence-corrected chi connectivity index (χ0v) is 10.8. The van der Waals surface area contributed by atoms with Crippen LogP contribution >= 0.6 is 0 Å². The van der Waals surface area contributed by atoms with E-state index in [-0.39, 0.29) is 11.8 Å². The van der Waals surface area contributed by atoms with Gasteiger partial charge in [-0.25, -0.2) is 12.7 Å². The van der Waals surface area contributed by atoms with E-state index in [1.807, 2.05) is 0 Å². The maximum atomic E-state index is 12.1. The van der Waals surface area contributed by atoms with Crippen molar-refractivity contribution in [2.24, 2.45) is 0 Å². The van der Waals surface area contributed by atoms with E-state index >= 15 is 0 Å². The molecule has 1 aliphatic rings. The molecule has 0 aromatic carbocycles. The Morgan fingerprint density at radius 3 is 2.94 bits per heavy atom. The smallest absolute Gasteiger partial charge is 0.220 e. The molecule has 2 heterocycles. The van der Waals surface area contributed by atoms with E-state index < -0.39 is 10.0 Å². The molecule has 2 rings (SSSR count). The van der Waals surface area contributed by atoms with Crippen molar-refractivity contribution < 1.29 is 12.9 Å². The largest absolute Gasteiger partial charge is 0.361 e. The van der Waals surface area contributed by atoms with Crippen LogP contribution in [0.1, 0.15) is 17.9 Å². The average molecular weight is 259 g/mol. The van der Waals surface area contributed by atoms with Crippen molar-refractivity contribution in [1.29, 1.82) is 0 Å². The van der Waals surface area contributed by atoms with Gasteiger partial charge in [0.05, 0.1) is 0 Å². The van der Waals surface area contributed by atoms with E-state index in [4.69, 9.17) is 4.52 Å². The number of hydrogen-bond donors (Lipinski definition) is 1. The van der Waals surface area contributed by atoms with E-state index in [0.29, 0.717) is 18.0 Å². The van der Waals surface area contributed by atoms with Gasteiger partial charge in [0.2, 0.25) is 10.0 Å². The van der Waals surface area contributed by atoms with Gasteiger partial charge in [0.15, 0.2) is 0 Å². The lowest BCUT2D eigenvalue weighted by atomic mass is 10.3. The number of hydrogen-bond acceptors (Lipinski definition) is 5. The van der Waals surface area contributed by atoms with Crippen LogP contribution in [0.3, 0.4) is 0 Å². The van der Waals surface area contributed by atoms with E-state index in [1.165, 1.54) is 4.31 Å². The number of nitrogens with one attached hydrogen (secondary N) is 1. The minimum absolute atomic E-state index is 0.0491. The van der Waals surface area contributed by atoms with Crippen molar-refractivity contribution in [3.8, 4) is 0 Å². The summed E-state index contributed by atoms with van der Waals surface area (Å²) in [5.41, 5.74) is 0.459. The van der Waals surface area contributed by atoms with Crippen LogP contribution in [0.15, 0.2) is 10.6 Å². The number of likely N-dealkylation sites (N-methyl/N-ethyl adjacent to an activating group) is 1. The summed E-state index contributed by atoms with van der Waals surface area (Å²) in [6.45, 7) is 3.33. The fourth-order valence-electron chi connectivity index (χ4n) is 1.95. The zero-order chi connectivity index (χ0) is 12.5. The Labute approximate surface area is 101 Å². The fraction of sp³-hybridized carbons (Fsp3) is 0.700. The highest BCUT2D eigenvalue weighted by molar-refractivity contribution is 7.88. The van der Waals surface area contributed by atoms with Gasteiger partial charge in [-0.2, -0.15) is 0 Å². The van der Waals surface area contributed by atoms with Crippen LogP contribution in [0.4, 0.5) is 0 Å². The first-order valence-electron chi connectivity index (χ1n) is 5.57. The van der Waals surface area contributed by atoms with Crippen molar-refractivity contribution in [1.82, 2.24) is 14.8 Å². The van der Waals surface area contributed by atoms with Gasteiger partial charge in [0.25, 0.3) is 0 Å². The van der Waals surface area contributed by atoms with E-state index in [1.54, 1.807) is 20.0 Å². The second-order valence-corrected chi connectivity index (χ2v) is 6.38. The summed E-state index contributed by atoms with van der Waals surface area (Å²) < 4.78 is 30.5. The molecule has 1 aliphatic heterocycles. The van der Waals surface area contributed by atoms with Crippen molar-refractivity contribution in [3.05, 3.63) is 17.5 Å². The first-order valence-corrected chi connectivity index (χ1v) is 7.18. The number of sulfonamides is 1. The summed E-state index contributed by atoms with van der Waals surface area (Å²) in [4.78, 5) is 0. The van der Waals surface area contributed by atoms with Crippen LogP contribution in [0.25, 0.3) is 0 Å². The molecular weight excluding hydrogens is 242 g/mol. The third-order valence-corrected chi connectivity index (χ3v) is 4.83.